The lowest BCUT2D eigenvalue weighted by atomic mass is 10.2. The van der Waals surface area contributed by atoms with Crippen LogP contribution in [0.1, 0.15) is 11.4 Å². The molecule has 0 aliphatic rings. The Kier molecular flexibility index (Phi) is 3.43. The van der Waals surface area contributed by atoms with Gasteiger partial charge in [-0.25, -0.2) is 4.39 Å². The van der Waals surface area contributed by atoms with Gasteiger partial charge in [0.2, 0.25) is 0 Å². The van der Waals surface area contributed by atoms with E-state index < -0.39 is 5.97 Å². The SMILES string of the molecule is O=C(O)CCc1nnc(-c2ccccc2F)s1. The van der Waals surface area contributed by atoms with E-state index in [1.165, 1.54) is 17.4 Å². The third kappa shape index (κ3) is 2.85. The van der Waals surface area contributed by atoms with Gasteiger partial charge < -0.3 is 5.11 Å². The Hall–Kier alpha value is -1.82. The van der Waals surface area contributed by atoms with Crippen molar-refractivity contribution < 1.29 is 14.3 Å². The smallest absolute Gasteiger partial charge is 0.303 e. The number of aryl methyl sites for hydroxylation is 1. The summed E-state index contributed by atoms with van der Waals surface area (Å²) in [6.45, 7) is 0. The zero-order chi connectivity index (χ0) is 12.3. The van der Waals surface area contributed by atoms with Crippen LogP contribution in [-0.4, -0.2) is 21.3 Å². The predicted octanol–water partition coefficient (Wildman–Crippen LogP) is 2.36. The van der Waals surface area contributed by atoms with Crippen molar-refractivity contribution in [3.63, 3.8) is 0 Å². The molecule has 0 aliphatic heterocycles. The molecule has 1 heterocycles. The van der Waals surface area contributed by atoms with Crippen LogP contribution in [0.2, 0.25) is 0 Å². The Morgan fingerprint density at radius 3 is 2.82 bits per heavy atom. The number of carboxylic acid groups (broad SMARTS) is 1. The van der Waals surface area contributed by atoms with E-state index in [2.05, 4.69) is 10.2 Å². The van der Waals surface area contributed by atoms with E-state index in [4.69, 9.17) is 5.11 Å². The number of carboxylic acids is 1. The van der Waals surface area contributed by atoms with Crippen LogP contribution in [-0.2, 0) is 11.2 Å². The fourth-order valence-corrected chi connectivity index (χ4v) is 2.18. The lowest BCUT2D eigenvalue weighted by Gasteiger charge is -1.95. The summed E-state index contributed by atoms with van der Waals surface area (Å²) in [5.74, 6) is -1.24. The molecule has 0 fully saturated rings. The van der Waals surface area contributed by atoms with Gasteiger partial charge in [-0.1, -0.05) is 23.5 Å². The Bertz CT molecular complexity index is 542. The van der Waals surface area contributed by atoms with Gasteiger partial charge in [-0.15, -0.1) is 10.2 Å². The van der Waals surface area contributed by atoms with Crippen LogP contribution in [0, 0.1) is 5.82 Å². The van der Waals surface area contributed by atoms with Crippen molar-refractivity contribution in [2.24, 2.45) is 0 Å². The summed E-state index contributed by atoms with van der Waals surface area (Å²) in [6, 6.07) is 6.30. The molecule has 0 saturated carbocycles. The van der Waals surface area contributed by atoms with Gasteiger partial charge in [0.25, 0.3) is 0 Å². The summed E-state index contributed by atoms with van der Waals surface area (Å²) in [7, 11) is 0. The number of rotatable bonds is 4. The van der Waals surface area contributed by atoms with Gasteiger partial charge in [0.05, 0.1) is 6.42 Å². The lowest BCUT2D eigenvalue weighted by molar-refractivity contribution is -0.136. The molecule has 2 aromatic rings. The summed E-state index contributed by atoms with van der Waals surface area (Å²) < 4.78 is 13.4. The quantitative estimate of drug-likeness (QED) is 0.907. The minimum Gasteiger partial charge on any atom is -0.481 e. The van der Waals surface area contributed by atoms with Crippen molar-refractivity contribution in [2.75, 3.05) is 0 Å². The topological polar surface area (TPSA) is 63.1 Å². The number of carbonyl (C=O) groups is 1. The van der Waals surface area contributed by atoms with E-state index >= 15 is 0 Å². The van der Waals surface area contributed by atoms with Crippen molar-refractivity contribution >= 4 is 17.3 Å². The summed E-state index contributed by atoms with van der Waals surface area (Å²) in [5, 5.41) is 17.3. The van der Waals surface area contributed by atoms with Crippen LogP contribution < -0.4 is 0 Å². The Labute approximate surface area is 101 Å². The van der Waals surface area contributed by atoms with E-state index in [1.807, 2.05) is 0 Å². The van der Waals surface area contributed by atoms with Crippen molar-refractivity contribution in [1.29, 1.82) is 0 Å². The van der Waals surface area contributed by atoms with Crippen molar-refractivity contribution in [1.82, 2.24) is 10.2 Å². The minimum atomic E-state index is -0.882. The molecule has 0 amide bonds. The van der Waals surface area contributed by atoms with E-state index in [0.29, 0.717) is 22.0 Å². The summed E-state index contributed by atoms with van der Waals surface area (Å²) in [4.78, 5) is 10.4. The average molecular weight is 252 g/mol. The molecule has 0 aliphatic carbocycles. The highest BCUT2D eigenvalue weighted by Gasteiger charge is 2.11. The third-order valence-electron chi connectivity index (χ3n) is 2.12. The molecule has 2 rings (SSSR count). The molecule has 1 aromatic heterocycles. The van der Waals surface area contributed by atoms with E-state index in [-0.39, 0.29) is 12.2 Å². The highest BCUT2D eigenvalue weighted by atomic mass is 32.1. The Balaban J connectivity index is 2.18. The van der Waals surface area contributed by atoms with Crippen LogP contribution in [0.3, 0.4) is 0 Å². The maximum absolute atomic E-state index is 13.4. The molecule has 0 saturated heterocycles. The molecule has 0 atom stereocenters. The molecule has 0 bridgehead atoms. The number of nitrogens with zero attached hydrogens (tertiary/aromatic N) is 2. The molecular weight excluding hydrogens is 243 g/mol. The van der Waals surface area contributed by atoms with Gasteiger partial charge >= 0.3 is 5.97 Å². The molecule has 1 N–H and O–H groups in total. The summed E-state index contributed by atoms with van der Waals surface area (Å²) in [5.41, 5.74) is 0.395. The van der Waals surface area contributed by atoms with Crippen molar-refractivity contribution in [2.45, 2.75) is 12.8 Å². The third-order valence-corrected chi connectivity index (χ3v) is 3.14. The Morgan fingerprint density at radius 1 is 1.35 bits per heavy atom. The number of benzene rings is 1. The van der Waals surface area contributed by atoms with Gasteiger partial charge in [0.1, 0.15) is 10.8 Å². The van der Waals surface area contributed by atoms with Crippen LogP contribution in [0.25, 0.3) is 10.6 Å². The van der Waals surface area contributed by atoms with Gasteiger partial charge in [-0.3, -0.25) is 4.79 Å². The second-order valence-corrected chi connectivity index (χ2v) is 4.44. The highest BCUT2D eigenvalue weighted by Crippen LogP contribution is 2.26. The fraction of sp³-hybridized carbons (Fsp3) is 0.182. The van der Waals surface area contributed by atoms with E-state index in [0.717, 1.165) is 0 Å². The molecular formula is C11H9FN2O2S. The standard InChI is InChI=1S/C11H9FN2O2S/c12-8-4-2-1-3-7(8)11-14-13-9(17-11)5-6-10(15)16/h1-4H,5-6H2,(H,15,16). The van der Waals surface area contributed by atoms with Gasteiger partial charge in [-0.2, -0.15) is 0 Å². The molecule has 17 heavy (non-hydrogen) atoms. The molecule has 0 radical (unpaired) electrons. The monoisotopic (exact) mass is 252 g/mol. The predicted molar refractivity (Wildman–Crippen MR) is 61.3 cm³/mol. The second kappa shape index (κ2) is 5.01. The van der Waals surface area contributed by atoms with E-state index in [1.54, 1.807) is 18.2 Å². The van der Waals surface area contributed by atoms with Crippen LogP contribution in [0.4, 0.5) is 4.39 Å². The summed E-state index contributed by atoms with van der Waals surface area (Å²) in [6.07, 6.45) is 0.327. The normalized spacial score (nSPS) is 10.4. The molecule has 1 aromatic carbocycles. The minimum absolute atomic E-state index is 0.00586. The molecule has 6 heteroatoms. The van der Waals surface area contributed by atoms with Crippen molar-refractivity contribution in [3.05, 3.63) is 35.1 Å². The molecule has 4 nitrogen and oxygen atoms in total. The van der Waals surface area contributed by atoms with Gasteiger partial charge in [-0.05, 0) is 12.1 Å². The zero-order valence-electron chi connectivity index (χ0n) is 8.76. The van der Waals surface area contributed by atoms with Crippen LogP contribution in [0.15, 0.2) is 24.3 Å². The second-order valence-electron chi connectivity index (χ2n) is 3.37. The number of aliphatic carboxylic acids is 1. The average Bonchev–Trinajstić information content (AvgIpc) is 2.75. The van der Waals surface area contributed by atoms with Gasteiger partial charge in [0.15, 0.2) is 5.01 Å². The first-order valence-corrected chi connectivity index (χ1v) is 5.77. The van der Waals surface area contributed by atoms with Crippen LogP contribution in [0.5, 0.6) is 0 Å². The lowest BCUT2D eigenvalue weighted by Crippen LogP contribution is -1.96. The maximum Gasteiger partial charge on any atom is 0.303 e. The zero-order valence-corrected chi connectivity index (χ0v) is 9.58. The molecule has 0 spiro atoms. The van der Waals surface area contributed by atoms with E-state index in [9.17, 15) is 9.18 Å². The first-order valence-electron chi connectivity index (χ1n) is 4.96. The number of halogens is 1. The van der Waals surface area contributed by atoms with Crippen LogP contribution >= 0.6 is 11.3 Å². The molecule has 0 unspecified atom stereocenters. The maximum atomic E-state index is 13.4. The first kappa shape index (κ1) is 11.7. The highest BCUT2D eigenvalue weighted by molar-refractivity contribution is 7.14. The largest absolute Gasteiger partial charge is 0.481 e. The number of hydrogen-bond acceptors (Lipinski definition) is 4. The number of hydrogen-bond donors (Lipinski definition) is 1. The summed E-state index contributed by atoms with van der Waals surface area (Å²) >= 11 is 1.22. The fourth-order valence-electron chi connectivity index (χ4n) is 1.31. The molecule has 88 valence electrons. The Morgan fingerprint density at radius 2 is 2.12 bits per heavy atom. The van der Waals surface area contributed by atoms with Crippen molar-refractivity contribution in [3.8, 4) is 10.6 Å². The first-order chi connectivity index (χ1) is 8.16. The number of aromatic nitrogens is 2. The van der Waals surface area contributed by atoms with Gasteiger partial charge in [0, 0.05) is 12.0 Å².